The van der Waals surface area contributed by atoms with E-state index < -0.39 is 55.4 Å². The molecule has 2 saturated heterocycles. The summed E-state index contributed by atoms with van der Waals surface area (Å²) >= 11 is 0. The van der Waals surface area contributed by atoms with E-state index in [4.69, 9.17) is 19.9 Å². The minimum Gasteiger partial charge on any atom is -0.494 e. The second-order valence-electron chi connectivity index (χ2n) is 11.5. The lowest BCUT2D eigenvalue weighted by Gasteiger charge is -2.26. The van der Waals surface area contributed by atoms with E-state index in [-0.39, 0.29) is 0 Å². The molecule has 0 spiro atoms. The number of nitrogens with one attached hydrogen (secondary N) is 2. The van der Waals surface area contributed by atoms with Crippen molar-refractivity contribution in [2.75, 3.05) is 52.4 Å². The number of nitriles is 1. The van der Waals surface area contributed by atoms with Gasteiger partial charge in [-0.05, 0) is 47.9 Å². The quantitative estimate of drug-likeness (QED) is 0.161. The summed E-state index contributed by atoms with van der Waals surface area (Å²) in [4.78, 5) is 42.0. The molecule has 1 atom stereocenters. The number of benzene rings is 2. The van der Waals surface area contributed by atoms with E-state index >= 15 is 0 Å². The van der Waals surface area contributed by atoms with Crippen molar-refractivity contribution < 1.29 is 46.2 Å². The van der Waals surface area contributed by atoms with Crippen LogP contribution in [-0.2, 0) is 9.59 Å². The number of aromatic nitrogens is 1. The minimum atomic E-state index is -5.08. The van der Waals surface area contributed by atoms with Gasteiger partial charge in [0, 0.05) is 50.7 Å². The van der Waals surface area contributed by atoms with Crippen LogP contribution in [0.5, 0.6) is 5.75 Å². The van der Waals surface area contributed by atoms with Crippen LogP contribution in [0.4, 0.5) is 22.0 Å². The number of pyridine rings is 1. The molecule has 16 heteroatoms. The fourth-order valence-corrected chi connectivity index (χ4v) is 5.29. The second-order valence-corrected chi connectivity index (χ2v) is 11.5. The minimum absolute atomic E-state index is 0.301. The topological polar surface area (TPSA) is 148 Å². The molecule has 3 heterocycles. The van der Waals surface area contributed by atoms with Crippen molar-refractivity contribution in [1.29, 1.82) is 5.26 Å². The average Bonchev–Trinajstić information content (AvgIpc) is 3.43. The van der Waals surface area contributed by atoms with E-state index in [0.29, 0.717) is 23.1 Å². The summed E-state index contributed by atoms with van der Waals surface area (Å²) in [6.07, 6.45) is 0.575. The first-order valence-electron chi connectivity index (χ1n) is 15.6. The normalized spacial score (nSPS) is 17.5. The monoisotopic (exact) mass is 702 g/mol. The predicted molar refractivity (Wildman–Crippen MR) is 173 cm³/mol. The summed E-state index contributed by atoms with van der Waals surface area (Å²) in [5, 5.41) is 22.7. The fraction of sp³-hybridized carbons (Fsp3) is 0.382. The number of rotatable bonds is 10. The lowest BCUT2D eigenvalue weighted by atomic mass is 10.0. The lowest BCUT2D eigenvalue weighted by Crippen LogP contribution is -2.43. The van der Waals surface area contributed by atoms with Gasteiger partial charge < -0.3 is 30.3 Å². The van der Waals surface area contributed by atoms with Gasteiger partial charge in [0.1, 0.15) is 11.8 Å². The summed E-state index contributed by atoms with van der Waals surface area (Å²) in [5.74, 6) is -6.32. The zero-order valence-corrected chi connectivity index (χ0v) is 26.8. The van der Waals surface area contributed by atoms with Crippen LogP contribution < -0.4 is 15.4 Å². The number of carbonyl (C=O) groups excluding carboxylic acids is 2. The number of carboxylic acids is 1. The molecule has 3 aromatic rings. The maximum atomic E-state index is 13.7. The molecule has 2 aliphatic heterocycles. The van der Waals surface area contributed by atoms with Gasteiger partial charge in [0.15, 0.2) is 0 Å². The van der Waals surface area contributed by atoms with E-state index in [1.807, 2.05) is 48.6 Å². The van der Waals surface area contributed by atoms with Crippen molar-refractivity contribution in [3.8, 4) is 11.8 Å². The summed E-state index contributed by atoms with van der Waals surface area (Å²) in [6, 6.07) is 15.4. The van der Waals surface area contributed by atoms with Crippen molar-refractivity contribution in [2.24, 2.45) is 0 Å². The Bertz CT molecular complexity index is 1720. The first kappa shape index (κ1) is 37.7. The molecule has 2 aliphatic rings. The van der Waals surface area contributed by atoms with E-state index in [0.717, 1.165) is 60.9 Å². The van der Waals surface area contributed by atoms with E-state index in [2.05, 4.69) is 20.5 Å². The summed E-state index contributed by atoms with van der Waals surface area (Å²) in [5.41, 5.74) is 2.72. The third-order valence-electron chi connectivity index (χ3n) is 7.84. The highest BCUT2D eigenvalue weighted by atomic mass is 19.4. The van der Waals surface area contributed by atoms with Crippen LogP contribution >= 0.6 is 0 Å². The number of likely N-dealkylation sites (tertiary alicyclic amines) is 1. The molecule has 2 aromatic carbocycles. The Morgan fingerprint density at radius 1 is 1.08 bits per heavy atom. The van der Waals surface area contributed by atoms with E-state index in [9.17, 15) is 31.5 Å². The van der Waals surface area contributed by atoms with Crippen LogP contribution in [0.2, 0.25) is 0 Å². The van der Waals surface area contributed by atoms with Crippen LogP contribution in [0.1, 0.15) is 34.3 Å². The van der Waals surface area contributed by atoms with Crippen LogP contribution in [-0.4, -0.2) is 108 Å². The number of carbonyl (C=O) groups is 3. The summed E-state index contributed by atoms with van der Waals surface area (Å²) in [6.45, 7) is 4.63. The van der Waals surface area contributed by atoms with Crippen LogP contribution in [0.3, 0.4) is 0 Å². The number of aliphatic carboxylic acids is 1. The molecule has 2 amide bonds. The molecule has 0 saturated carbocycles. The summed E-state index contributed by atoms with van der Waals surface area (Å²) in [7, 11) is 0. The molecule has 0 unspecified atom stereocenters. The molecule has 5 rings (SSSR count). The number of halogens is 5. The molecule has 11 nitrogen and oxygen atoms in total. The van der Waals surface area contributed by atoms with Crippen LogP contribution in [0, 0.1) is 11.3 Å². The standard InChI is InChI=1S/C32H34F2N6O3.C2HF3O2/c33-32(34)19-25(20-35)40(22-32)30(41)21-38-31(42)27-10-11-37-29-9-6-24(18-28(27)29)3-2-23-4-7-26(8-5-23)43-17-1-14-39-15-12-36-13-16-39;3-2(4,5)1(6)7/h2-11,18,25,36H,1,12-17,19,21-22H2,(H,38,42);(H,6,7)/b3-2+;/t25-;/m0./s1. The van der Waals surface area contributed by atoms with Gasteiger partial charge in [-0.2, -0.15) is 18.4 Å². The number of piperazine rings is 1. The van der Waals surface area contributed by atoms with Gasteiger partial charge in [0.2, 0.25) is 5.91 Å². The zero-order chi connectivity index (χ0) is 36.3. The van der Waals surface area contributed by atoms with Gasteiger partial charge in [-0.1, -0.05) is 30.4 Å². The third-order valence-corrected chi connectivity index (χ3v) is 7.84. The first-order valence-corrected chi connectivity index (χ1v) is 15.6. The molecule has 3 N–H and O–H groups in total. The highest BCUT2D eigenvalue weighted by molar-refractivity contribution is 6.07. The smallest absolute Gasteiger partial charge is 0.490 e. The van der Waals surface area contributed by atoms with Gasteiger partial charge in [-0.25, -0.2) is 13.6 Å². The Hall–Kier alpha value is -5.14. The number of carboxylic acid groups (broad SMARTS) is 1. The Morgan fingerprint density at radius 3 is 2.40 bits per heavy atom. The number of hydrogen-bond donors (Lipinski definition) is 3. The molecule has 1 aromatic heterocycles. The van der Waals surface area contributed by atoms with Gasteiger partial charge in [0.05, 0.1) is 36.8 Å². The van der Waals surface area contributed by atoms with E-state index in [1.54, 1.807) is 18.2 Å². The average molecular weight is 703 g/mol. The SMILES string of the molecule is N#C[C@@H]1CC(F)(F)CN1C(=O)CNC(=O)c1ccnc2ccc(/C=C/c3ccc(OCCCN4CCNCC4)cc3)cc12.O=C(O)C(F)(F)F. The maximum Gasteiger partial charge on any atom is 0.490 e. The van der Waals surface area contributed by atoms with Crippen LogP contribution in [0.15, 0.2) is 54.7 Å². The first-order chi connectivity index (χ1) is 23.8. The number of fused-ring (bicyclic) bond motifs is 1. The molecule has 0 radical (unpaired) electrons. The number of hydrogen-bond acceptors (Lipinski definition) is 8. The molecule has 266 valence electrons. The highest BCUT2D eigenvalue weighted by Gasteiger charge is 2.47. The molecular weight excluding hydrogens is 667 g/mol. The second kappa shape index (κ2) is 17.0. The molecule has 2 fully saturated rings. The van der Waals surface area contributed by atoms with Gasteiger partial charge >= 0.3 is 12.1 Å². The Kier molecular flexibility index (Phi) is 12.8. The molecular formula is C34H35F5N6O5. The lowest BCUT2D eigenvalue weighted by molar-refractivity contribution is -0.192. The third kappa shape index (κ3) is 10.9. The Labute approximate surface area is 284 Å². The Morgan fingerprint density at radius 2 is 1.74 bits per heavy atom. The van der Waals surface area contributed by atoms with E-state index in [1.165, 1.54) is 6.20 Å². The predicted octanol–water partition coefficient (Wildman–Crippen LogP) is 4.20. The zero-order valence-electron chi connectivity index (χ0n) is 26.8. The van der Waals surface area contributed by atoms with Crippen LogP contribution in [0.25, 0.3) is 23.1 Å². The Balaban J connectivity index is 0.000000727. The maximum absolute atomic E-state index is 13.7. The van der Waals surface area contributed by atoms with Crippen molar-refractivity contribution in [3.63, 3.8) is 0 Å². The van der Waals surface area contributed by atoms with Gasteiger partial charge in [0.25, 0.3) is 11.8 Å². The van der Waals surface area contributed by atoms with Crippen molar-refractivity contribution in [3.05, 3.63) is 71.4 Å². The largest absolute Gasteiger partial charge is 0.494 e. The molecule has 0 aliphatic carbocycles. The number of nitrogens with zero attached hydrogens (tertiary/aromatic N) is 4. The van der Waals surface area contributed by atoms with Crippen molar-refractivity contribution >= 4 is 40.8 Å². The highest BCUT2D eigenvalue weighted by Crippen LogP contribution is 2.31. The number of alkyl halides is 5. The number of amides is 2. The van der Waals surface area contributed by atoms with Crippen molar-refractivity contribution in [2.45, 2.75) is 31.0 Å². The van der Waals surface area contributed by atoms with Gasteiger partial charge in [-0.15, -0.1) is 0 Å². The fourth-order valence-electron chi connectivity index (χ4n) is 5.29. The van der Waals surface area contributed by atoms with Gasteiger partial charge in [-0.3, -0.25) is 14.6 Å². The molecule has 0 bridgehead atoms. The number of ether oxygens (including phenoxy) is 1. The summed E-state index contributed by atoms with van der Waals surface area (Å²) < 4.78 is 65.1. The van der Waals surface area contributed by atoms with Crippen molar-refractivity contribution in [1.82, 2.24) is 25.4 Å². The molecule has 50 heavy (non-hydrogen) atoms.